The maximum absolute atomic E-state index is 5.30. The Morgan fingerprint density at radius 1 is 1.24 bits per heavy atom. The fraction of sp³-hybridized carbons (Fsp3) is 0.267. The Labute approximate surface area is 121 Å². The third-order valence-corrected chi connectivity index (χ3v) is 3.44. The summed E-state index contributed by atoms with van der Waals surface area (Å²) in [4.78, 5) is 4.39. The first-order valence-corrected chi connectivity index (χ1v) is 7.05. The van der Waals surface area contributed by atoms with E-state index in [-0.39, 0.29) is 0 Å². The van der Waals surface area contributed by atoms with Gasteiger partial charge in [-0.05, 0) is 25.0 Å². The summed E-state index contributed by atoms with van der Waals surface area (Å²) in [5, 5.41) is 11.7. The van der Waals surface area contributed by atoms with E-state index in [0.29, 0.717) is 24.3 Å². The first kappa shape index (κ1) is 12.3. The zero-order valence-corrected chi connectivity index (χ0v) is 11.4. The summed E-state index contributed by atoms with van der Waals surface area (Å²) in [5.41, 5.74) is 1.82. The Kier molecular flexibility index (Phi) is 3.01. The van der Waals surface area contributed by atoms with E-state index in [9.17, 15) is 0 Å². The first-order chi connectivity index (χ1) is 10.4. The highest BCUT2D eigenvalue weighted by molar-refractivity contribution is 5.51. The fourth-order valence-electron chi connectivity index (χ4n) is 2.12. The molecule has 6 heteroatoms. The maximum Gasteiger partial charge on any atom is 0.261 e. The highest BCUT2D eigenvalue weighted by atomic mass is 16.5. The van der Waals surface area contributed by atoms with Crippen LogP contribution in [0.15, 0.2) is 47.2 Å². The lowest BCUT2D eigenvalue weighted by atomic mass is 10.3. The smallest absolute Gasteiger partial charge is 0.261 e. The average Bonchev–Trinajstić information content (AvgIpc) is 3.03. The van der Waals surface area contributed by atoms with Crippen molar-refractivity contribution in [3.8, 4) is 17.1 Å². The summed E-state index contributed by atoms with van der Waals surface area (Å²) < 4.78 is 7.09. The normalized spacial score (nSPS) is 14.5. The quantitative estimate of drug-likeness (QED) is 0.776. The number of benzene rings is 1. The summed E-state index contributed by atoms with van der Waals surface area (Å²) in [6.07, 6.45) is 6.11. The van der Waals surface area contributed by atoms with Gasteiger partial charge in [-0.1, -0.05) is 23.4 Å². The van der Waals surface area contributed by atoms with Crippen molar-refractivity contribution >= 4 is 0 Å². The lowest BCUT2D eigenvalue weighted by molar-refractivity contribution is 0.419. The lowest BCUT2D eigenvalue weighted by Gasteiger charge is -1.98. The van der Waals surface area contributed by atoms with Crippen LogP contribution < -0.4 is 5.32 Å². The molecule has 2 aromatic heterocycles. The summed E-state index contributed by atoms with van der Waals surface area (Å²) >= 11 is 0. The summed E-state index contributed by atoms with van der Waals surface area (Å²) in [5.74, 6) is 1.19. The van der Waals surface area contributed by atoms with Crippen molar-refractivity contribution in [2.75, 3.05) is 0 Å². The van der Waals surface area contributed by atoms with E-state index in [4.69, 9.17) is 4.52 Å². The third-order valence-electron chi connectivity index (χ3n) is 3.44. The van der Waals surface area contributed by atoms with Gasteiger partial charge in [0.1, 0.15) is 0 Å². The molecule has 0 amide bonds. The van der Waals surface area contributed by atoms with Gasteiger partial charge in [-0.25, -0.2) is 4.68 Å². The van der Waals surface area contributed by atoms with Crippen molar-refractivity contribution in [1.29, 1.82) is 0 Å². The van der Waals surface area contributed by atoms with Crippen LogP contribution in [-0.4, -0.2) is 26.0 Å². The predicted octanol–water partition coefficient (Wildman–Crippen LogP) is 2.17. The fourth-order valence-corrected chi connectivity index (χ4v) is 2.12. The van der Waals surface area contributed by atoms with Gasteiger partial charge in [0.25, 0.3) is 5.89 Å². The lowest BCUT2D eigenvalue weighted by Crippen LogP contribution is -2.16. The SMILES string of the molecule is c1ccc(-n2cc(-c3nc(CNC4CC4)no3)cn2)cc1. The number of nitrogens with zero attached hydrogens (tertiary/aromatic N) is 4. The van der Waals surface area contributed by atoms with E-state index in [1.165, 1.54) is 12.8 Å². The summed E-state index contributed by atoms with van der Waals surface area (Å²) in [6.45, 7) is 0.654. The van der Waals surface area contributed by atoms with Crippen LogP contribution in [0.3, 0.4) is 0 Å². The van der Waals surface area contributed by atoms with Gasteiger partial charge >= 0.3 is 0 Å². The van der Waals surface area contributed by atoms with Crippen molar-refractivity contribution in [2.24, 2.45) is 0 Å². The largest absolute Gasteiger partial charge is 0.334 e. The van der Waals surface area contributed by atoms with E-state index in [1.807, 2.05) is 36.5 Å². The molecule has 1 N–H and O–H groups in total. The van der Waals surface area contributed by atoms with Crippen LogP contribution >= 0.6 is 0 Å². The second-order valence-electron chi connectivity index (χ2n) is 5.18. The molecule has 4 rings (SSSR count). The zero-order valence-electron chi connectivity index (χ0n) is 11.4. The Balaban J connectivity index is 1.52. The van der Waals surface area contributed by atoms with Crippen molar-refractivity contribution < 1.29 is 4.52 Å². The van der Waals surface area contributed by atoms with E-state index in [0.717, 1.165) is 11.3 Å². The summed E-state index contributed by atoms with van der Waals surface area (Å²) in [7, 11) is 0. The van der Waals surface area contributed by atoms with Crippen LogP contribution in [0.4, 0.5) is 0 Å². The van der Waals surface area contributed by atoms with Gasteiger partial charge in [-0.2, -0.15) is 10.1 Å². The van der Waals surface area contributed by atoms with Crippen LogP contribution in [0, 0.1) is 0 Å². The molecule has 0 unspecified atom stereocenters. The molecule has 1 aliphatic rings. The molecule has 0 saturated heterocycles. The molecule has 0 spiro atoms. The van der Waals surface area contributed by atoms with Crippen LogP contribution in [0.2, 0.25) is 0 Å². The van der Waals surface area contributed by atoms with Crippen molar-refractivity contribution in [1.82, 2.24) is 25.2 Å². The van der Waals surface area contributed by atoms with Gasteiger partial charge < -0.3 is 9.84 Å². The summed E-state index contributed by atoms with van der Waals surface area (Å²) in [6, 6.07) is 10.6. The minimum Gasteiger partial charge on any atom is -0.334 e. The third kappa shape index (κ3) is 2.71. The molecule has 1 saturated carbocycles. The second-order valence-corrected chi connectivity index (χ2v) is 5.18. The molecule has 1 aromatic carbocycles. The number of nitrogens with one attached hydrogen (secondary N) is 1. The molecule has 1 fully saturated rings. The van der Waals surface area contributed by atoms with E-state index >= 15 is 0 Å². The van der Waals surface area contributed by atoms with E-state index < -0.39 is 0 Å². The molecule has 3 aromatic rings. The topological polar surface area (TPSA) is 68.8 Å². The molecule has 106 valence electrons. The second kappa shape index (κ2) is 5.14. The zero-order chi connectivity index (χ0) is 14.1. The van der Waals surface area contributed by atoms with Crippen LogP contribution in [-0.2, 0) is 6.54 Å². The number of hydrogen-bond acceptors (Lipinski definition) is 5. The van der Waals surface area contributed by atoms with Gasteiger partial charge in [0.15, 0.2) is 5.82 Å². The van der Waals surface area contributed by atoms with Crippen LogP contribution in [0.25, 0.3) is 17.1 Å². The molecule has 0 radical (unpaired) electrons. The molecular weight excluding hydrogens is 266 g/mol. The molecular formula is C15H15N5O. The Morgan fingerprint density at radius 3 is 2.90 bits per heavy atom. The van der Waals surface area contributed by atoms with Crippen LogP contribution in [0.1, 0.15) is 18.7 Å². The average molecular weight is 281 g/mol. The molecule has 1 aliphatic carbocycles. The van der Waals surface area contributed by atoms with Crippen molar-refractivity contribution in [3.63, 3.8) is 0 Å². The number of para-hydroxylation sites is 1. The minimum atomic E-state index is 0.504. The van der Waals surface area contributed by atoms with Gasteiger partial charge in [0, 0.05) is 12.2 Å². The molecule has 21 heavy (non-hydrogen) atoms. The highest BCUT2D eigenvalue weighted by Gasteiger charge is 2.21. The Morgan fingerprint density at radius 2 is 2.10 bits per heavy atom. The standard InChI is InChI=1S/C15H15N5O/c1-2-4-13(5-3-1)20-10-11(8-17-20)15-18-14(19-21-15)9-16-12-6-7-12/h1-5,8,10,12,16H,6-7,9H2. The Hall–Kier alpha value is -2.47. The van der Waals surface area contributed by atoms with E-state index in [2.05, 4.69) is 20.6 Å². The highest BCUT2D eigenvalue weighted by Crippen LogP contribution is 2.20. The molecule has 0 aliphatic heterocycles. The van der Waals surface area contributed by atoms with Gasteiger partial charge in [0.2, 0.25) is 0 Å². The van der Waals surface area contributed by atoms with Gasteiger partial charge in [0.05, 0.1) is 24.0 Å². The predicted molar refractivity (Wildman–Crippen MR) is 76.7 cm³/mol. The van der Waals surface area contributed by atoms with Gasteiger partial charge in [-0.3, -0.25) is 0 Å². The maximum atomic E-state index is 5.30. The van der Waals surface area contributed by atoms with Crippen LogP contribution in [0.5, 0.6) is 0 Å². The molecule has 6 nitrogen and oxygen atoms in total. The number of hydrogen-bond donors (Lipinski definition) is 1. The first-order valence-electron chi connectivity index (χ1n) is 7.05. The monoisotopic (exact) mass is 281 g/mol. The van der Waals surface area contributed by atoms with Crippen molar-refractivity contribution in [2.45, 2.75) is 25.4 Å². The van der Waals surface area contributed by atoms with Gasteiger partial charge in [-0.15, -0.1) is 0 Å². The van der Waals surface area contributed by atoms with Crippen molar-refractivity contribution in [3.05, 3.63) is 48.5 Å². The minimum absolute atomic E-state index is 0.504. The molecule has 0 atom stereocenters. The molecule has 0 bridgehead atoms. The number of rotatable bonds is 5. The van der Waals surface area contributed by atoms with E-state index in [1.54, 1.807) is 10.9 Å². The number of aromatic nitrogens is 4. The Bertz CT molecular complexity index is 729. The molecule has 2 heterocycles.